The van der Waals surface area contributed by atoms with Crippen molar-refractivity contribution in [2.75, 3.05) is 6.61 Å². The lowest BCUT2D eigenvalue weighted by molar-refractivity contribution is -0.129. The van der Waals surface area contributed by atoms with E-state index in [2.05, 4.69) is 26.8 Å². The SMILES string of the molecule is Cc1ccc(OCC(=O)NNC(=O)Cc2ccccc2C)c(Br)c1. The van der Waals surface area contributed by atoms with Gasteiger partial charge >= 0.3 is 0 Å². The lowest BCUT2D eigenvalue weighted by atomic mass is 10.1. The second-order valence-electron chi connectivity index (χ2n) is 5.42. The van der Waals surface area contributed by atoms with Crippen LogP contribution in [0, 0.1) is 13.8 Å². The van der Waals surface area contributed by atoms with E-state index < -0.39 is 5.91 Å². The van der Waals surface area contributed by atoms with Crippen molar-refractivity contribution >= 4 is 27.7 Å². The minimum absolute atomic E-state index is 0.188. The van der Waals surface area contributed by atoms with Crippen molar-refractivity contribution < 1.29 is 14.3 Å². The fraction of sp³-hybridized carbons (Fsp3) is 0.222. The number of carbonyl (C=O) groups is 2. The van der Waals surface area contributed by atoms with Gasteiger partial charge in [-0.3, -0.25) is 20.4 Å². The summed E-state index contributed by atoms with van der Waals surface area (Å²) >= 11 is 3.38. The van der Waals surface area contributed by atoms with Crippen LogP contribution < -0.4 is 15.6 Å². The summed E-state index contributed by atoms with van der Waals surface area (Å²) in [4.78, 5) is 23.6. The van der Waals surface area contributed by atoms with Crippen molar-refractivity contribution in [1.29, 1.82) is 0 Å². The number of rotatable bonds is 5. The second-order valence-corrected chi connectivity index (χ2v) is 6.28. The van der Waals surface area contributed by atoms with Gasteiger partial charge in [-0.05, 0) is 58.6 Å². The van der Waals surface area contributed by atoms with E-state index in [1.807, 2.05) is 50.2 Å². The zero-order valence-electron chi connectivity index (χ0n) is 13.6. The summed E-state index contributed by atoms with van der Waals surface area (Å²) in [5.41, 5.74) is 7.77. The number of amides is 2. The largest absolute Gasteiger partial charge is 0.483 e. The number of hydrogen-bond acceptors (Lipinski definition) is 3. The highest BCUT2D eigenvalue weighted by Gasteiger charge is 2.09. The average Bonchev–Trinajstić information content (AvgIpc) is 2.54. The number of nitrogens with one attached hydrogen (secondary N) is 2. The molecule has 0 aliphatic rings. The number of ether oxygens (including phenoxy) is 1. The van der Waals surface area contributed by atoms with Gasteiger partial charge < -0.3 is 4.74 Å². The van der Waals surface area contributed by atoms with Gasteiger partial charge in [-0.25, -0.2) is 0 Å². The van der Waals surface area contributed by atoms with Crippen molar-refractivity contribution in [2.45, 2.75) is 20.3 Å². The first-order valence-corrected chi connectivity index (χ1v) is 8.26. The number of carbonyl (C=O) groups excluding carboxylic acids is 2. The van der Waals surface area contributed by atoms with Crippen LogP contribution in [-0.2, 0) is 16.0 Å². The molecule has 6 heteroatoms. The normalized spacial score (nSPS) is 10.1. The first kappa shape index (κ1) is 18.0. The fourth-order valence-corrected chi connectivity index (χ4v) is 2.68. The van der Waals surface area contributed by atoms with Gasteiger partial charge in [0.15, 0.2) is 6.61 Å². The minimum atomic E-state index is -0.430. The Morgan fingerprint density at radius 3 is 2.46 bits per heavy atom. The molecule has 126 valence electrons. The second kappa shape index (κ2) is 8.49. The van der Waals surface area contributed by atoms with E-state index in [0.717, 1.165) is 21.2 Å². The van der Waals surface area contributed by atoms with E-state index in [4.69, 9.17) is 4.74 Å². The van der Waals surface area contributed by atoms with Gasteiger partial charge in [0.1, 0.15) is 5.75 Å². The van der Waals surface area contributed by atoms with Crippen molar-refractivity contribution in [3.63, 3.8) is 0 Å². The van der Waals surface area contributed by atoms with Crippen LogP contribution in [0.15, 0.2) is 46.9 Å². The van der Waals surface area contributed by atoms with Gasteiger partial charge in [-0.2, -0.15) is 0 Å². The Balaban J connectivity index is 1.76. The quantitative estimate of drug-likeness (QED) is 0.771. The Labute approximate surface area is 149 Å². The van der Waals surface area contributed by atoms with Crippen LogP contribution >= 0.6 is 15.9 Å². The highest BCUT2D eigenvalue weighted by atomic mass is 79.9. The van der Waals surface area contributed by atoms with Gasteiger partial charge in [-0.1, -0.05) is 30.3 Å². The molecule has 0 radical (unpaired) electrons. The predicted molar refractivity (Wildman–Crippen MR) is 95.5 cm³/mol. The smallest absolute Gasteiger partial charge is 0.276 e. The topological polar surface area (TPSA) is 67.4 Å². The maximum atomic E-state index is 11.9. The van der Waals surface area contributed by atoms with Crippen molar-refractivity contribution in [3.8, 4) is 5.75 Å². The third-order valence-corrected chi connectivity index (χ3v) is 4.02. The zero-order valence-corrected chi connectivity index (χ0v) is 15.1. The van der Waals surface area contributed by atoms with Crippen LogP contribution in [-0.4, -0.2) is 18.4 Å². The summed E-state index contributed by atoms with van der Waals surface area (Å²) in [6.07, 6.45) is 0.206. The van der Waals surface area contributed by atoms with Gasteiger partial charge in [-0.15, -0.1) is 0 Å². The molecular formula is C18H19BrN2O3. The lowest BCUT2D eigenvalue weighted by Crippen LogP contribution is -2.44. The molecule has 0 aliphatic carbocycles. The molecule has 0 atom stereocenters. The summed E-state index contributed by atoms with van der Waals surface area (Å²) in [7, 11) is 0. The molecule has 2 aromatic rings. The van der Waals surface area contributed by atoms with E-state index in [1.165, 1.54) is 0 Å². The summed E-state index contributed by atoms with van der Waals surface area (Å²) in [6, 6.07) is 13.2. The van der Waals surface area contributed by atoms with Crippen LogP contribution in [0.4, 0.5) is 0 Å². The molecule has 0 aliphatic heterocycles. The lowest BCUT2D eigenvalue weighted by Gasteiger charge is -2.11. The first-order valence-electron chi connectivity index (χ1n) is 7.47. The van der Waals surface area contributed by atoms with Crippen LogP contribution in [0.25, 0.3) is 0 Å². The van der Waals surface area contributed by atoms with Crippen molar-refractivity contribution in [2.24, 2.45) is 0 Å². The Hall–Kier alpha value is -2.34. The molecule has 0 bridgehead atoms. The number of aryl methyl sites for hydroxylation is 2. The predicted octanol–water partition coefficient (Wildman–Crippen LogP) is 2.83. The van der Waals surface area contributed by atoms with E-state index in [0.29, 0.717) is 5.75 Å². The highest BCUT2D eigenvalue weighted by Crippen LogP contribution is 2.25. The molecule has 0 heterocycles. The van der Waals surface area contributed by atoms with Gasteiger partial charge in [0.2, 0.25) is 5.91 Å². The Kier molecular flexibility index (Phi) is 6.37. The Bertz CT molecular complexity index is 747. The minimum Gasteiger partial charge on any atom is -0.483 e. The Morgan fingerprint density at radius 1 is 1.04 bits per heavy atom. The number of hydrogen-bond donors (Lipinski definition) is 2. The highest BCUT2D eigenvalue weighted by molar-refractivity contribution is 9.10. The monoisotopic (exact) mass is 390 g/mol. The maximum Gasteiger partial charge on any atom is 0.276 e. The molecule has 2 N–H and O–H groups in total. The molecule has 24 heavy (non-hydrogen) atoms. The molecule has 2 rings (SSSR count). The third-order valence-electron chi connectivity index (χ3n) is 3.40. The number of benzene rings is 2. The summed E-state index contributed by atoms with van der Waals surface area (Å²) < 4.78 is 6.19. The van der Waals surface area contributed by atoms with E-state index in [-0.39, 0.29) is 18.9 Å². The molecule has 0 unspecified atom stereocenters. The van der Waals surface area contributed by atoms with E-state index in [9.17, 15) is 9.59 Å². The molecule has 0 aromatic heterocycles. The third kappa shape index (κ3) is 5.38. The van der Waals surface area contributed by atoms with Crippen molar-refractivity contribution in [1.82, 2.24) is 10.9 Å². The number of hydrazine groups is 1. The molecule has 0 spiro atoms. The summed E-state index contributed by atoms with van der Waals surface area (Å²) in [5.74, 6) is -0.142. The van der Waals surface area contributed by atoms with Crippen LogP contribution in [0.5, 0.6) is 5.75 Å². The van der Waals surface area contributed by atoms with Gasteiger partial charge in [0.25, 0.3) is 5.91 Å². The number of halogens is 1. The molecule has 2 aromatic carbocycles. The van der Waals surface area contributed by atoms with Crippen LogP contribution in [0.3, 0.4) is 0 Å². The fourth-order valence-electron chi connectivity index (χ4n) is 2.07. The molecular weight excluding hydrogens is 372 g/mol. The molecule has 0 saturated carbocycles. The van der Waals surface area contributed by atoms with Crippen LogP contribution in [0.2, 0.25) is 0 Å². The molecule has 0 saturated heterocycles. The van der Waals surface area contributed by atoms with Crippen LogP contribution in [0.1, 0.15) is 16.7 Å². The maximum absolute atomic E-state index is 11.9. The molecule has 0 fully saturated rings. The van der Waals surface area contributed by atoms with E-state index >= 15 is 0 Å². The molecule has 2 amide bonds. The summed E-state index contributed by atoms with van der Waals surface area (Å²) in [6.45, 7) is 3.71. The van der Waals surface area contributed by atoms with Gasteiger partial charge in [0, 0.05) is 0 Å². The average molecular weight is 391 g/mol. The Morgan fingerprint density at radius 2 is 1.75 bits per heavy atom. The van der Waals surface area contributed by atoms with E-state index in [1.54, 1.807) is 6.07 Å². The molecule has 5 nitrogen and oxygen atoms in total. The van der Waals surface area contributed by atoms with Gasteiger partial charge in [0.05, 0.1) is 10.9 Å². The zero-order chi connectivity index (χ0) is 17.5. The van der Waals surface area contributed by atoms with Crippen molar-refractivity contribution in [3.05, 3.63) is 63.6 Å². The standard InChI is InChI=1S/C18H19BrN2O3/c1-12-7-8-16(15(19)9-12)24-11-18(23)21-20-17(22)10-14-6-4-3-5-13(14)2/h3-9H,10-11H2,1-2H3,(H,20,22)(H,21,23). The first-order chi connectivity index (χ1) is 11.5. The summed E-state index contributed by atoms with van der Waals surface area (Å²) in [5, 5.41) is 0.